The molecule has 0 aliphatic heterocycles. The van der Waals surface area contributed by atoms with Gasteiger partial charge >= 0.3 is 19.8 Å². The van der Waals surface area contributed by atoms with E-state index in [1.54, 1.807) is 0 Å². The Morgan fingerprint density at radius 2 is 0.643 bits per heavy atom. The lowest BCUT2D eigenvalue weighted by atomic mass is 10.0. The number of hydrogen-bond donors (Lipinski definition) is 1. The molecule has 0 bridgehead atoms. The topological polar surface area (TPSA) is 108 Å². The summed E-state index contributed by atoms with van der Waals surface area (Å²) in [5.41, 5.74) is 0. The zero-order valence-electron chi connectivity index (χ0n) is 54.9. The Bertz CT molecular complexity index is 1830. The van der Waals surface area contributed by atoms with Gasteiger partial charge in [0.1, 0.15) is 19.8 Å². The van der Waals surface area contributed by atoms with Gasteiger partial charge in [0, 0.05) is 12.8 Å². The van der Waals surface area contributed by atoms with Crippen molar-refractivity contribution in [1.82, 2.24) is 0 Å². The van der Waals surface area contributed by atoms with Gasteiger partial charge in [0.25, 0.3) is 0 Å². The van der Waals surface area contributed by atoms with Gasteiger partial charge in [-0.15, -0.1) is 0 Å². The first-order chi connectivity index (χ1) is 41.0. The highest BCUT2D eigenvalue weighted by Gasteiger charge is 2.27. The number of allylic oxidation sites excluding steroid dienone is 20. The Hall–Kier alpha value is -3.59. The second-order valence-electron chi connectivity index (χ2n) is 23.8. The quantitative estimate of drug-likeness (QED) is 0.0211. The van der Waals surface area contributed by atoms with E-state index in [2.05, 4.69) is 135 Å². The van der Waals surface area contributed by atoms with E-state index in [0.717, 1.165) is 103 Å². The highest BCUT2D eigenvalue weighted by molar-refractivity contribution is 7.47. The fraction of sp³-hybridized carbons (Fsp3) is 0.703. The maximum Gasteiger partial charge on any atom is 0.472 e. The number of rotatable bonds is 62. The van der Waals surface area contributed by atoms with Crippen LogP contribution in [0.1, 0.15) is 284 Å². The number of hydrogen-bond acceptors (Lipinski definition) is 7. The molecule has 0 aliphatic carbocycles. The SMILES string of the molecule is CC/C=C\C/C=C\C/C=C\C/C=C\C/C=C\CCCCCCCCCCCCCCCCCC(=O)OC(COC(=O)CCCCCCCCCCCCCCC/C=C\C/C=C\C/C=C\C/C=C\C/C=C\CC)COP(=O)(O)OCC[N+](C)(C)C. The van der Waals surface area contributed by atoms with Crippen molar-refractivity contribution in [2.75, 3.05) is 47.5 Å². The van der Waals surface area contributed by atoms with E-state index < -0.39 is 26.5 Å². The summed E-state index contributed by atoms with van der Waals surface area (Å²) in [5.74, 6) is -0.796. The molecule has 0 saturated carbocycles. The van der Waals surface area contributed by atoms with Crippen LogP contribution >= 0.6 is 7.82 Å². The first kappa shape index (κ1) is 80.4. The second kappa shape index (κ2) is 63.9. The van der Waals surface area contributed by atoms with Crippen LogP contribution in [-0.2, 0) is 32.7 Å². The minimum atomic E-state index is -4.40. The average molecular weight is 1190 g/mol. The Labute approximate surface area is 518 Å². The van der Waals surface area contributed by atoms with Gasteiger partial charge in [-0.2, -0.15) is 0 Å². The van der Waals surface area contributed by atoms with E-state index in [4.69, 9.17) is 18.5 Å². The lowest BCUT2D eigenvalue weighted by molar-refractivity contribution is -0.870. The lowest BCUT2D eigenvalue weighted by Crippen LogP contribution is -2.37. The molecular weight excluding hydrogens is 1060 g/mol. The van der Waals surface area contributed by atoms with Crippen molar-refractivity contribution < 1.29 is 42.1 Å². The summed E-state index contributed by atoms with van der Waals surface area (Å²) in [5, 5.41) is 0. The number of quaternary nitrogens is 1. The number of ether oxygens (including phenoxy) is 2. The Morgan fingerprint density at radius 1 is 0.369 bits per heavy atom. The summed E-state index contributed by atoms with van der Waals surface area (Å²) >= 11 is 0. The van der Waals surface area contributed by atoms with Gasteiger partial charge in [-0.05, 0) is 103 Å². The van der Waals surface area contributed by atoms with Crippen molar-refractivity contribution in [3.8, 4) is 0 Å². The van der Waals surface area contributed by atoms with Crippen molar-refractivity contribution in [3.05, 3.63) is 122 Å². The molecule has 9 nitrogen and oxygen atoms in total. The predicted octanol–water partition coefficient (Wildman–Crippen LogP) is 22.3. The molecule has 0 aromatic heterocycles. The van der Waals surface area contributed by atoms with Crippen molar-refractivity contribution >= 4 is 19.8 Å². The zero-order chi connectivity index (χ0) is 61.2. The highest BCUT2D eigenvalue weighted by atomic mass is 31.2. The predicted molar refractivity (Wildman–Crippen MR) is 362 cm³/mol. The summed E-state index contributed by atoms with van der Waals surface area (Å²) in [6, 6.07) is 0. The fourth-order valence-electron chi connectivity index (χ4n) is 9.31. The summed E-state index contributed by atoms with van der Waals surface area (Å²) in [7, 11) is 1.47. The van der Waals surface area contributed by atoms with E-state index in [9.17, 15) is 19.0 Å². The van der Waals surface area contributed by atoms with Crippen molar-refractivity contribution in [3.63, 3.8) is 0 Å². The summed E-state index contributed by atoms with van der Waals surface area (Å²) < 4.78 is 34.7. The largest absolute Gasteiger partial charge is 0.472 e. The number of likely N-dealkylation sites (N-methyl/N-ethyl adjacent to an activating group) is 1. The van der Waals surface area contributed by atoms with Gasteiger partial charge in [-0.1, -0.05) is 289 Å². The van der Waals surface area contributed by atoms with Gasteiger partial charge in [0.15, 0.2) is 6.10 Å². The second-order valence-corrected chi connectivity index (χ2v) is 25.3. The molecule has 0 heterocycles. The maximum absolute atomic E-state index is 12.9. The third kappa shape index (κ3) is 67.5. The Morgan fingerprint density at radius 3 is 0.952 bits per heavy atom. The third-order valence-electron chi connectivity index (χ3n) is 14.5. The summed E-state index contributed by atoms with van der Waals surface area (Å²) in [4.78, 5) is 35.9. The Kier molecular flexibility index (Phi) is 61.2. The number of phosphoric ester groups is 1. The van der Waals surface area contributed by atoms with E-state index in [0.29, 0.717) is 17.4 Å². The van der Waals surface area contributed by atoms with Crippen molar-refractivity contribution in [1.29, 1.82) is 0 Å². The molecule has 84 heavy (non-hydrogen) atoms. The minimum absolute atomic E-state index is 0.0275. The molecule has 10 heteroatoms. The van der Waals surface area contributed by atoms with Crippen LogP contribution in [-0.4, -0.2) is 74.9 Å². The van der Waals surface area contributed by atoms with E-state index in [1.165, 1.54) is 148 Å². The van der Waals surface area contributed by atoms with Crippen LogP contribution in [0.4, 0.5) is 0 Å². The van der Waals surface area contributed by atoms with E-state index in [-0.39, 0.29) is 32.0 Å². The van der Waals surface area contributed by atoms with Crippen LogP contribution in [0.3, 0.4) is 0 Å². The molecule has 482 valence electrons. The van der Waals surface area contributed by atoms with Crippen LogP contribution < -0.4 is 0 Å². The molecule has 0 aromatic rings. The van der Waals surface area contributed by atoms with Crippen LogP contribution in [0, 0.1) is 0 Å². The molecule has 0 spiro atoms. The van der Waals surface area contributed by atoms with Crippen molar-refractivity contribution in [2.24, 2.45) is 0 Å². The third-order valence-corrected chi connectivity index (χ3v) is 15.5. The van der Waals surface area contributed by atoms with E-state index in [1.807, 2.05) is 21.1 Å². The van der Waals surface area contributed by atoms with Crippen molar-refractivity contribution in [2.45, 2.75) is 290 Å². The molecule has 0 aromatic carbocycles. The first-order valence-electron chi connectivity index (χ1n) is 34.3. The van der Waals surface area contributed by atoms with Gasteiger partial charge in [0.2, 0.25) is 0 Å². The van der Waals surface area contributed by atoms with Crippen LogP contribution in [0.15, 0.2) is 122 Å². The zero-order valence-corrected chi connectivity index (χ0v) is 55.7. The molecule has 2 unspecified atom stereocenters. The molecule has 0 rings (SSSR count). The highest BCUT2D eigenvalue weighted by Crippen LogP contribution is 2.43. The van der Waals surface area contributed by atoms with E-state index >= 15 is 0 Å². The first-order valence-corrected chi connectivity index (χ1v) is 35.8. The maximum atomic E-state index is 12.9. The van der Waals surface area contributed by atoms with Crippen LogP contribution in [0.25, 0.3) is 0 Å². The number of carbonyl (C=O) groups excluding carboxylic acids is 2. The van der Waals surface area contributed by atoms with Gasteiger partial charge in [-0.3, -0.25) is 18.6 Å². The lowest BCUT2D eigenvalue weighted by Gasteiger charge is -2.24. The normalized spacial score (nSPS) is 13.9. The molecule has 0 amide bonds. The smallest absolute Gasteiger partial charge is 0.462 e. The number of phosphoric acid groups is 1. The molecule has 0 radical (unpaired) electrons. The van der Waals surface area contributed by atoms with Gasteiger partial charge in [-0.25, -0.2) is 4.57 Å². The number of carbonyl (C=O) groups is 2. The minimum Gasteiger partial charge on any atom is -0.462 e. The van der Waals surface area contributed by atoms with Gasteiger partial charge < -0.3 is 18.9 Å². The number of esters is 2. The summed E-state index contributed by atoms with van der Waals surface area (Å²) in [6.07, 6.45) is 91.5. The average Bonchev–Trinajstić information content (AvgIpc) is 3.61. The number of unbranched alkanes of at least 4 members (excludes halogenated alkanes) is 28. The monoisotopic (exact) mass is 1190 g/mol. The number of nitrogens with zero attached hydrogens (tertiary/aromatic N) is 1. The molecule has 0 aliphatic rings. The molecule has 2 atom stereocenters. The Balaban J connectivity index is 4.07. The molecule has 1 N–H and O–H groups in total. The summed E-state index contributed by atoms with van der Waals surface area (Å²) in [6.45, 7) is 4.22. The van der Waals surface area contributed by atoms with Gasteiger partial charge in [0.05, 0.1) is 27.7 Å². The van der Waals surface area contributed by atoms with Crippen LogP contribution in [0.2, 0.25) is 0 Å². The fourth-order valence-corrected chi connectivity index (χ4v) is 10.0. The molecule has 0 saturated heterocycles. The standard InChI is InChI=1S/C74H128NO8P/c1-6-8-10-12-14-16-18-20-22-24-26-28-30-32-34-36-37-39-41-43-45-47-49-51-53-55-57-59-61-63-65-67-74(77)83-72(71-82-84(78,79)81-69-68-75(3,4)5)70-80-73(76)66-64-62-60-58-56-54-52-50-48-46-44-42-40-38-35-33-31-29-27-25-23-21-19-17-15-13-11-9-7-2/h8-11,14-17,20-23,26-29,32-35,72H,6-7,12-13,18-19,24-25,30-31,36-71H2,1-5H3/p+1/b10-8-,11-9-,16-14-,17-15-,22-20-,23-21-,28-26-,29-27-,34-32-,35-33-. The molecule has 0 fully saturated rings. The van der Waals surface area contributed by atoms with Crippen LogP contribution in [0.5, 0.6) is 0 Å². The molecular formula is C74H129NO8P+.